The third kappa shape index (κ3) is 3.17. The molecule has 2 aromatic rings. The zero-order chi connectivity index (χ0) is 15.6. The first-order valence-electron chi connectivity index (χ1n) is 6.09. The molecular formula is C15H13FN2O3. The summed E-state index contributed by atoms with van der Waals surface area (Å²) in [6.45, 7) is 1.65. The largest absolute Gasteiger partial charge is 0.478 e. The number of hydrogen-bond donors (Lipinski definition) is 3. The highest BCUT2D eigenvalue weighted by Crippen LogP contribution is 2.19. The van der Waals surface area contributed by atoms with Gasteiger partial charge in [0.15, 0.2) is 0 Å². The highest BCUT2D eigenvalue weighted by Gasteiger charge is 2.14. The van der Waals surface area contributed by atoms with Gasteiger partial charge in [-0.05, 0) is 48.9 Å². The Morgan fingerprint density at radius 1 is 1.19 bits per heavy atom. The summed E-state index contributed by atoms with van der Waals surface area (Å²) in [7, 11) is 0. The molecule has 0 aliphatic rings. The fraction of sp³-hybridized carbons (Fsp3) is 0.0667. The van der Waals surface area contributed by atoms with E-state index in [1.807, 2.05) is 0 Å². The van der Waals surface area contributed by atoms with Crippen molar-refractivity contribution >= 4 is 23.3 Å². The number of nitrogens with one attached hydrogen (secondary N) is 1. The Balaban J connectivity index is 2.25. The van der Waals surface area contributed by atoms with E-state index in [0.29, 0.717) is 11.3 Å². The van der Waals surface area contributed by atoms with Crippen molar-refractivity contribution in [2.45, 2.75) is 6.92 Å². The number of halogens is 1. The molecule has 0 unspecified atom stereocenters. The van der Waals surface area contributed by atoms with Crippen LogP contribution in [0.1, 0.15) is 26.3 Å². The van der Waals surface area contributed by atoms with Crippen LogP contribution >= 0.6 is 0 Å². The average Bonchev–Trinajstić information content (AvgIpc) is 2.40. The molecule has 0 saturated carbocycles. The third-order valence-corrected chi connectivity index (χ3v) is 2.96. The van der Waals surface area contributed by atoms with Crippen molar-refractivity contribution in [3.8, 4) is 0 Å². The van der Waals surface area contributed by atoms with Gasteiger partial charge in [0.2, 0.25) is 0 Å². The van der Waals surface area contributed by atoms with Crippen molar-refractivity contribution < 1.29 is 19.1 Å². The minimum atomic E-state index is -1.06. The van der Waals surface area contributed by atoms with E-state index >= 15 is 0 Å². The number of nitrogens with two attached hydrogens (primary N) is 1. The number of nitrogen functional groups attached to an aromatic ring is 1. The molecule has 0 atom stereocenters. The summed E-state index contributed by atoms with van der Waals surface area (Å²) in [6, 6.07) is 8.04. The van der Waals surface area contributed by atoms with Crippen LogP contribution in [-0.4, -0.2) is 17.0 Å². The molecule has 0 radical (unpaired) electrons. The van der Waals surface area contributed by atoms with E-state index in [-0.39, 0.29) is 16.8 Å². The molecular weight excluding hydrogens is 275 g/mol. The van der Waals surface area contributed by atoms with Gasteiger partial charge in [-0.25, -0.2) is 9.18 Å². The van der Waals surface area contributed by atoms with Crippen molar-refractivity contribution in [3.63, 3.8) is 0 Å². The van der Waals surface area contributed by atoms with Crippen LogP contribution in [-0.2, 0) is 0 Å². The standard InChI is InChI=1S/C15H13FN2O3/c1-8-6-9(15(20)21)2-5-13(8)18-14(19)11-4-3-10(17)7-12(11)16/h2-7H,17H2,1H3,(H,18,19)(H,20,21). The molecule has 1 amide bonds. The normalized spacial score (nSPS) is 10.2. The molecule has 6 heteroatoms. The third-order valence-electron chi connectivity index (χ3n) is 2.96. The molecule has 5 nitrogen and oxygen atoms in total. The van der Waals surface area contributed by atoms with Crippen molar-refractivity contribution in [1.29, 1.82) is 0 Å². The summed E-state index contributed by atoms with van der Waals surface area (Å²) in [6.07, 6.45) is 0. The minimum Gasteiger partial charge on any atom is -0.478 e. The second-order valence-corrected chi connectivity index (χ2v) is 4.53. The summed E-state index contributed by atoms with van der Waals surface area (Å²) < 4.78 is 13.7. The molecule has 0 heterocycles. The second kappa shape index (κ2) is 5.62. The van der Waals surface area contributed by atoms with Crippen LogP contribution in [0.15, 0.2) is 36.4 Å². The Hall–Kier alpha value is -2.89. The maximum atomic E-state index is 13.7. The molecule has 108 valence electrons. The van der Waals surface area contributed by atoms with E-state index in [1.165, 1.54) is 30.3 Å². The van der Waals surface area contributed by atoms with E-state index in [4.69, 9.17) is 10.8 Å². The SMILES string of the molecule is Cc1cc(C(=O)O)ccc1NC(=O)c1ccc(N)cc1F. The number of aromatic carboxylic acids is 1. The fourth-order valence-corrected chi connectivity index (χ4v) is 1.84. The van der Waals surface area contributed by atoms with Gasteiger partial charge in [0.1, 0.15) is 5.82 Å². The number of benzene rings is 2. The second-order valence-electron chi connectivity index (χ2n) is 4.53. The first kappa shape index (κ1) is 14.5. The summed E-state index contributed by atoms with van der Waals surface area (Å²) >= 11 is 0. The highest BCUT2D eigenvalue weighted by molar-refractivity contribution is 6.05. The van der Waals surface area contributed by atoms with Gasteiger partial charge in [-0.1, -0.05) is 0 Å². The van der Waals surface area contributed by atoms with Crippen LogP contribution < -0.4 is 11.1 Å². The van der Waals surface area contributed by atoms with Gasteiger partial charge in [-0.3, -0.25) is 4.79 Å². The first-order valence-corrected chi connectivity index (χ1v) is 6.09. The summed E-state index contributed by atoms with van der Waals surface area (Å²) in [5, 5.41) is 11.4. The number of carbonyl (C=O) groups is 2. The highest BCUT2D eigenvalue weighted by atomic mass is 19.1. The lowest BCUT2D eigenvalue weighted by Crippen LogP contribution is -2.15. The van der Waals surface area contributed by atoms with Crippen molar-refractivity contribution in [2.75, 3.05) is 11.1 Å². The van der Waals surface area contributed by atoms with Gasteiger partial charge < -0.3 is 16.2 Å². The first-order chi connectivity index (χ1) is 9.88. The molecule has 0 aliphatic carbocycles. The van der Waals surface area contributed by atoms with Crippen molar-refractivity contribution in [3.05, 3.63) is 58.9 Å². The molecule has 21 heavy (non-hydrogen) atoms. The van der Waals surface area contributed by atoms with Crippen LogP contribution in [0.2, 0.25) is 0 Å². The Labute approximate surface area is 120 Å². The molecule has 0 saturated heterocycles. The number of rotatable bonds is 3. The van der Waals surface area contributed by atoms with Gasteiger partial charge in [0.05, 0.1) is 11.1 Å². The monoisotopic (exact) mass is 288 g/mol. The Bertz CT molecular complexity index is 729. The van der Waals surface area contributed by atoms with Crippen LogP contribution in [0.5, 0.6) is 0 Å². The Morgan fingerprint density at radius 2 is 1.90 bits per heavy atom. The molecule has 0 aromatic heterocycles. The lowest BCUT2D eigenvalue weighted by atomic mass is 10.1. The quantitative estimate of drug-likeness (QED) is 0.757. The number of aryl methyl sites for hydroxylation is 1. The molecule has 4 N–H and O–H groups in total. The van der Waals surface area contributed by atoms with Crippen LogP contribution in [0, 0.1) is 12.7 Å². The van der Waals surface area contributed by atoms with Gasteiger partial charge in [-0.15, -0.1) is 0 Å². The zero-order valence-corrected chi connectivity index (χ0v) is 11.2. The van der Waals surface area contributed by atoms with Crippen LogP contribution in [0.3, 0.4) is 0 Å². The van der Waals surface area contributed by atoms with Crippen LogP contribution in [0.25, 0.3) is 0 Å². The number of amides is 1. The zero-order valence-electron chi connectivity index (χ0n) is 11.2. The summed E-state index contributed by atoms with van der Waals surface area (Å²) in [5.74, 6) is -2.40. The molecule has 2 aromatic carbocycles. The van der Waals surface area contributed by atoms with E-state index in [1.54, 1.807) is 6.92 Å². The lowest BCUT2D eigenvalue weighted by molar-refractivity contribution is 0.0696. The Morgan fingerprint density at radius 3 is 2.48 bits per heavy atom. The molecule has 0 bridgehead atoms. The van der Waals surface area contributed by atoms with Gasteiger partial charge >= 0.3 is 5.97 Å². The summed E-state index contributed by atoms with van der Waals surface area (Å²) in [5.41, 5.74) is 6.62. The topological polar surface area (TPSA) is 92.4 Å². The number of anilines is 2. The van der Waals surface area contributed by atoms with Gasteiger partial charge in [0, 0.05) is 11.4 Å². The Kier molecular flexibility index (Phi) is 3.89. The maximum absolute atomic E-state index is 13.7. The number of carbonyl (C=O) groups excluding carboxylic acids is 1. The molecule has 0 aliphatic heterocycles. The van der Waals surface area contributed by atoms with Crippen molar-refractivity contribution in [1.82, 2.24) is 0 Å². The van der Waals surface area contributed by atoms with Gasteiger partial charge in [-0.2, -0.15) is 0 Å². The number of hydrogen-bond acceptors (Lipinski definition) is 3. The van der Waals surface area contributed by atoms with Gasteiger partial charge in [0.25, 0.3) is 5.91 Å². The lowest BCUT2D eigenvalue weighted by Gasteiger charge is -2.10. The minimum absolute atomic E-state index is 0.115. The van der Waals surface area contributed by atoms with E-state index in [9.17, 15) is 14.0 Å². The summed E-state index contributed by atoms with van der Waals surface area (Å²) in [4.78, 5) is 22.8. The number of carboxylic acids is 1. The molecule has 0 fully saturated rings. The molecule has 2 rings (SSSR count). The van der Waals surface area contributed by atoms with E-state index in [0.717, 1.165) is 6.07 Å². The predicted octanol–water partition coefficient (Wildman–Crippen LogP) is 2.67. The average molecular weight is 288 g/mol. The maximum Gasteiger partial charge on any atom is 0.335 e. The van der Waals surface area contributed by atoms with E-state index < -0.39 is 17.7 Å². The van der Waals surface area contributed by atoms with Crippen LogP contribution in [0.4, 0.5) is 15.8 Å². The molecule has 0 spiro atoms. The van der Waals surface area contributed by atoms with E-state index in [2.05, 4.69) is 5.32 Å². The fourth-order valence-electron chi connectivity index (χ4n) is 1.84. The smallest absolute Gasteiger partial charge is 0.335 e. The predicted molar refractivity (Wildman–Crippen MR) is 76.9 cm³/mol. The number of carboxylic acid groups (broad SMARTS) is 1. The van der Waals surface area contributed by atoms with Crippen molar-refractivity contribution in [2.24, 2.45) is 0 Å².